The number of benzene rings is 1. The van der Waals surface area contributed by atoms with Crippen molar-refractivity contribution in [2.45, 2.75) is 12.5 Å². The molecule has 1 unspecified atom stereocenters. The highest BCUT2D eigenvalue weighted by molar-refractivity contribution is 6.35. The van der Waals surface area contributed by atoms with E-state index in [-0.39, 0.29) is 0 Å². The maximum atomic E-state index is 9.96. The molecule has 1 aromatic heterocycles. The van der Waals surface area contributed by atoms with E-state index in [1.807, 2.05) is 18.2 Å². The van der Waals surface area contributed by atoms with E-state index in [0.29, 0.717) is 11.4 Å². The van der Waals surface area contributed by atoms with Crippen LogP contribution in [0.4, 0.5) is 0 Å². The van der Waals surface area contributed by atoms with Crippen LogP contribution in [-0.2, 0) is 0 Å². The molecule has 0 fully saturated rings. The van der Waals surface area contributed by atoms with Crippen molar-refractivity contribution in [3.63, 3.8) is 0 Å². The quantitative estimate of drug-likeness (QED) is 0.824. The van der Waals surface area contributed by atoms with Crippen molar-refractivity contribution >= 4 is 22.5 Å². The van der Waals surface area contributed by atoms with Crippen LogP contribution < -0.4 is 0 Å². The van der Waals surface area contributed by atoms with E-state index in [4.69, 9.17) is 11.6 Å². The van der Waals surface area contributed by atoms with Gasteiger partial charge < -0.3 is 5.11 Å². The number of pyridine rings is 1. The van der Waals surface area contributed by atoms with Crippen molar-refractivity contribution in [1.82, 2.24) is 4.98 Å². The predicted molar refractivity (Wildman–Crippen MR) is 66.5 cm³/mol. The van der Waals surface area contributed by atoms with Crippen molar-refractivity contribution in [3.8, 4) is 0 Å². The zero-order chi connectivity index (χ0) is 11.5. The van der Waals surface area contributed by atoms with Crippen molar-refractivity contribution in [2.24, 2.45) is 0 Å². The SMILES string of the molecule is C=CCC(O)c1ccc(Cl)c2cccnc12. The van der Waals surface area contributed by atoms with Crippen molar-refractivity contribution in [2.75, 3.05) is 0 Å². The molecule has 2 nitrogen and oxygen atoms in total. The number of fused-ring (bicyclic) bond motifs is 1. The summed E-state index contributed by atoms with van der Waals surface area (Å²) < 4.78 is 0. The van der Waals surface area contributed by atoms with Gasteiger partial charge in [0.1, 0.15) is 0 Å². The highest BCUT2D eigenvalue weighted by atomic mass is 35.5. The number of hydrogen-bond acceptors (Lipinski definition) is 2. The average molecular weight is 234 g/mol. The number of aromatic nitrogens is 1. The van der Waals surface area contributed by atoms with Crippen LogP contribution in [0.5, 0.6) is 0 Å². The molecular weight excluding hydrogens is 222 g/mol. The molecule has 2 aromatic rings. The van der Waals surface area contributed by atoms with Gasteiger partial charge in [0.25, 0.3) is 0 Å². The van der Waals surface area contributed by atoms with Crippen LogP contribution in [0, 0.1) is 0 Å². The Hall–Kier alpha value is -1.38. The molecule has 1 N–H and O–H groups in total. The minimum atomic E-state index is -0.577. The van der Waals surface area contributed by atoms with E-state index in [1.165, 1.54) is 0 Å². The normalized spacial score (nSPS) is 12.6. The molecule has 0 aliphatic carbocycles. The number of aliphatic hydroxyl groups is 1. The maximum absolute atomic E-state index is 9.96. The van der Waals surface area contributed by atoms with Gasteiger partial charge in [-0.05, 0) is 24.6 Å². The highest BCUT2D eigenvalue weighted by Gasteiger charge is 2.12. The van der Waals surface area contributed by atoms with E-state index in [2.05, 4.69) is 11.6 Å². The third-order valence-corrected chi connectivity index (χ3v) is 2.83. The van der Waals surface area contributed by atoms with Gasteiger partial charge in [0, 0.05) is 22.2 Å². The monoisotopic (exact) mass is 233 g/mol. The Morgan fingerprint density at radius 1 is 1.44 bits per heavy atom. The number of nitrogens with zero attached hydrogens (tertiary/aromatic N) is 1. The summed E-state index contributed by atoms with van der Waals surface area (Å²) in [5.74, 6) is 0. The molecule has 1 aromatic carbocycles. The van der Waals surface area contributed by atoms with Gasteiger partial charge in [-0.1, -0.05) is 23.7 Å². The third kappa shape index (κ3) is 1.94. The van der Waals surface area contributed by atoms with E-state index >= 15 is 0 Å². The topological polar surface area (TPSA) is 33.1 Å². The summed E-state index contributed by atoms with van der Waals surface area (Å²) in [5, 5.41) is 11.5. The molecule has 0 bridgehead atoms. The van der Waals surface area contributed by atoms with Crippen molar-refractivity contribution in [3.05, 3.63) is 53.7 Å². The van der Waals surface area contributed by atoms with Gasteiger partial charge in [-0.2, -0.15) is 0 Å². The summed E-state index contributed by atoms with van der Waals surface area (Å²) in [6.45, 7) is 3.62. The second kappa shape index (κ2) is 4.64. The van der Waals surface area contributed by atoms with E-state index in [1.54, 1.807) is 18.3 Å². The molecule has 3 heteroatoms. The molecule has 0 radical (unpaired) electrons. The maximum Gasteiger partial charge on any atom is 0.0845 e. The first-order valence-corrected chi connectivity index (χ1v) is 5.44. The standard InChI is InChI=1S/C13H12ClNO/c1-2-4-12(16)10-6-7-11(14)9-5-3-8-15-13(9)10/h2-3,5-8,12,16H,1,4H2. The highest BCUT2D eigenvalue weighted by Crippen LogP contribution is 2.29. The van der Waals surface area contributed by atoms with Crippen LogP contribution in [-0.4, -0.2) is 10.1 Å². The van der Waals surface area contributed by atoms with Crippen molar-refractivity contribution in [1.29, 1.82) is 0 Å². The zero-order valence-electron chi connectivity index (χ0n) is 8.73. The van der Waals surface area contributed by atoms with Gasteiger partial charge in [0.2, 0.25) is 0 Å². The molecule has 1 atom stereocenters. The average Bonchev–Trinajstić information content (AvgIpc) is 2.30. The number of halogens is 1. The molecule has 0 saturated carbocycles. The van der Waals surface area contributed by atoms with Gasteiger partial charge >= 0.3 is 0 Å². The lowest BCUT2D eigenvalue weighted by molar-refractivity contribution is 0.183. The number of rotatable bonds is 3. The Bertz CT molecular complexity index is 524. The Kier molecular flexibility index (Phi) is 3.22. The fourth-order valence-corrected chi connectivity index (χ4v) is 1.93. The Labute approximate surface area is 99.2 Å². The lowest BCUT2D eigenvalue weighted by Gasteiger charge is -2.11. The Balaban J connectivity index is 2.62. The van der Waals surface area contributed by atoms with Gasteiger partial charge in [-0.3, -0.25) is 4.98 Å². The zero-order valence-corrected chi connectivity index (χ0v) is 9.48. The predicted octanol–water partition coefficient (Wildman–Crippen LogP) is 3.50. The number of aliphatic hydroxyl groups excluding tert-OH is 1. The van der Waals surface area contributed by atoms with E-state index in [0.717, 1.165) is 16.5 Å². The summed E-state index contributed by atoms with van der Waals surface area (Å²) in [6.07, 6.45) is 3.32. The third-order valence-electron chi connectivity index (χ3n) is 2.50. The minimum Gasteiger partial charge on any atom is -0.388 e. The van der Waals surface area contributed by atoms with Gasteiger partial charge in [-0.15, -0.1) is 6.58 Å². The minimum absolute atomic E-state index is 0.507. The first-order valence-electron chi connectivity index (χ1n) is 5.06. The summed E-state index contributed by atoms with van der Waals surface area (Å²) in [5.41, 5.74) is 1.55. The second-order valence-electron chi connectivity index (χ2n) is 3.58. The molecule has 0 aliphatic heterocycles. The summed E-state index contributed by atoms with van der Waals surface area (Å²) in [6, 6.07) is 7.33. The smallest absolute Gasteiger partial charge is 0.0845 e. The van der Waals surface area contributed by atoms with Crippen LogP contribution in [0.3, 0.4) is 0 Å². The van der Waals surface area contributed by atoms with E-state index in [9.17, 15) is 5.11 Å². The largest absolute Gasteiger partial charge is 0.388 e. The molecule has 1 heterocycles. The molecule has 0 amide bonds. The van der Waals surface area contributed by atoms with Crippen LogP contribution in [0.25, 0.3) is 10.9 Å². The lowest BCUT2D eigenvalue weighted by atomic mass is 10.0. The lowest BCUT2D eigenvalue weighted by Crippen LogP contribution is -1.98. The summed E-state index contributed by atoms with van der Waals surface area (Å²) >= 11 is 6.07. The number of hydrogen-bond donors (Lipinski definition) is 1. The van der Waals surface area contributed by atoms with Crippen LogP contribution in [0.15, 0.2) is 43.1 Å². The van der Waals surface area contributed by atoms with Gasteiger partial charge in [0.05, 0.1) is 11.6 Å². The summed E-state index contributed by atoms with van der Waals surface area (Å²) in [7, 11) is 0. The van der Waals surface area contributed by atoms with Crippen molar-refractivity contribution < 1.29 is 5.11 Å². The molecule has 16 heavy (non-hydrogen) atoms. The van der Waals surface area contributed by atoms with Crippen LogP contribution in [0.1, 0.15) is 18.1 Å². The Morgan fingerprint density at radius 3 is 3.00 bits per heavy atom. The van der Waals surface area contributed by atoms with Crippen LogP contribution >= 0.6 is 11.6 Å². The molecule has 82 valence electrons. The second-order valence-corrected chi connectivity index (χ2v) is 3.98. The first kappa shape index (κ1) is 11.1. The molecule has 0 saturated heterocycles. The fourth-order valence-electron chi connectivity index (χ4n) is 1.71. The summed E-state index contributed by atoms with van der Waals surface area (Å²) in [4.78, 5) is 4.27. The molecule has 2 rings (SSSR count). The fraction of sp³-hybridized carbons (Fsp3) is 0.154. The molecule has 0 spiro atoms. The first-order chi connectivity index (χ1) is 7.74. The van der Waals surface area contributed by atoms with Gasteiger partial charge in [-0.25, -0.2) is 0 Å². The molecule has 0 aliphatic rings. The van der Waals surface area contributed by atoms with E-state index < -0.39 is 6.10 Å². The molecular formula is C13H12ClNO. The van der Waals surface area contributed by atoms with Gasteiger partial charge in [0.15, 0.2) is 0 Å². The Morgan fingerprint density at radius 2 is 2.25 bits per heavy atom. The van der Waals surface area contributed by atoms with Crippen LogP contribution in [0.2, 0.25) is 5.02 Å².